The monoisotopic (exact) mass is 537 g/mol. The highest BCUT2D eigenvalue weighted by molar-refractivity contribution is 6.06. The molecule has 4 aliphatic rings. The summed E-state index contributed by atoms with van der Waals surface area (Å²) in [5.74, 6) is -1.47. The van der Waals surface area contributed by atoms with Crippen LogP contribution < -0.4 is 9.64 Å². The molecule has 0 bridgehead atoms. The normalized spacial score (nSPS) is 30.8. The van der Waals surface area contributed by atoms with E-state index >= 15 is 0 Å². The summed E-state index contributed by atoms with van der Waals surface area (Å²) in [6.45, 7) is 7.11. The average molecular weight is 538 g/mol. The van der Waals surface area contributed by atoms with Gasteiger partial charge < -0.3 is 29.3 Å². The zero-order chi connectivity index (χ0) is 27.9. The Hall–Kier alpha value is -3.17. The van der Waals surface area contributed by atoms with Crippen molar-refractivity contribution in [3.05, 3.63) is 48.6 Å². The maximum Gasteiger partial charge on any atom is 0.253 e. The van der Waals surface area contributed by atoms with E-state index in [-0.39, 0.29) is 36.8 Å². The molecule has 4 aliphatic heterocycles. The van der Waals surface area contributed by atoms with Crippen LogP contribution in [0.15, 0.2) is 48.6 Å². The number of anilines is 1. The Bertz CT molecular complexity index is 1160. The van der Waals surface area contributed by atoms with Crippen molar-refractivity contribution in [1.82, 2.24) is 9.80 Å². The lowest BCUT2D eigenvalue weighted by Gasteiger charge is -2.39. The number of aliphatic hydroxyl groups is 1. The van der Waals surface area contributed by atoms with E-state index in [0.717, 1.165) is 6.42 Å². The van der Waals surface area contributed by atoms with E-state index in [0.29, 0.717) is 30.9 Å². The van der Waals surface area contributed by atoms with E-state index < -0.39 is 35.6 Å². The predicted molar refractivity (Wildman–Crippen MR) is 146 cm³/mol. The van der Waals surface area contributed by atoms with Crippen LogP contribution in [0.5, 0.6) is 5.75 Å². The smallest absolute Gasteiger partial charge is 0.253 e. The van der Waals surface area contributed by atoms with Gasteiger partial charge in [-0.3, -0.25) is 14.4 Å². The molecule has 0 aromatic heterocycles. The molecule has 3 amide bonds. The molecule has 9 heteroatoms. The molecule has 5 rings (SSSR count). The van der Waals surface area contributed by atoms with E-state index in [1.165, 1.54) is 0 Å². The highest BCUT2D eigenvalue weighted by Gasteiger charge is 2.72. The van der Waals surface area contributed by atoms with Crippen molar-refractivity contribution in [3.8, 4) is 5.75 Å². The lowest BCUT2D eigenvalue weighted by molar-refractivity contribution is -0.147. The number of aliphatic hydroxyl groups excluding tert-OH is 1. The Labute approximate surface area is 230 Å². The number of hydrogen-bond donors (Lipinski definition) is 1. The number of hydrogen-bond acceptors (Lipinski definition) is 6. The second-order valence-corrected chi connectivity index (χ2v) is 11.3. The first-order chi connectivity index (χ1) is 18.8. The van der Waals surface area contributed by atoms with Crippen LogP contribution in [0.2, 0.25) is 0 Å². The Morgan fingerprint density at radius 1 is 1.08 bits per heavy atom. The number of fused-ring (bicyclic) bond motifs is 2. The summed E-state index contributed by atoms with van der Waals surface area (Å²) in [6, 6.07) is 5.61. The Kier molecular flexibility index (Phi) is 7.57. The number of amides is 3. The predicted octanol–water partition coefficient (Wildman–Crippen LogP) is 2.39. The molecule has 2 fully saturated rings. The molecule has 1 aromatic rings. The summed E-state index contributed by atoms with van der Waals surface area (Å²) in [7, 11) is 1.58. The van der Waals surface area contributed by atoms with Crippen LogP contribution in [-0.4, -0.2) is 89.8 Å². The molecule has 2 saturated heterocycles. The largest absolute Gasteiger partial charge is 0.497 e. The Balaban J connectivity index is 1.62. The average Bonchev–Trinajstić information content (AvgIpc) is 3.25. The summed E-state index contributed by atoms with van der Waals surface area (Å²) in [5.41, 5.74) is -0.648. The van der Waals surface area contributed by atoms with Gasteiger partial charge in [-0.2, -0.15) is 0 Å². The number of rotatable bonds is 8. The Morgan fingerprint density at radius 2 is 1.82 bits per heavy atom. The van der Waals surface area contributed by atoms with Crippen molar-refractivity contribution in [2.75, 3.05) is 38.3 Å². The summed E-state index contributed by atoms with van der Waals surface area (Å²) in [5, 5.41) is 10.5. The van der Waals surface area contributed by atoms with Gasteiger partial charge >= 0.3 is 0 Å². The van der Waals surface area contributed by atoms with Gasteiger partial charge in [-0.15, -0.1) is 0 Å². The lowest BCUT2D eigenvalue weighted by Crippen LogP contribution is -2.58. The van der Waals surface area contributed by atoms with E-state index in [1.54, 1.807) is 33.9 Å². The molecule has 1 unspecified atom stereocenters. The SMILES string of the molecule is CCCN1CC=C[C@H]2O[C@]34C=CCN(c5ccc(OC)cc5)C(=O)C3N([C@@H](CO)CC(C)C)C(=O)[C@@H]4[C@H]2C1=O. The van der Waals surface area contributed by atoms with E-state index in [4.69, 9.17) is 9.47 Å². The quantitative estimate of drug-likeness (QED) is 0.512. The van der Waals surface area contributed by atoms with Crippen molar-refractivity contribution in [2.45, 2.75) is 57.4 Å². The van der Waals surface area contributed by atoms with Crippen LogP contribution in [0.3, 0.4) is 0 Å². The molecule has 0 saturated carbocycles. The van der Waals surface area contributed by atoms with Crippen LogP contribution in [0.4, 0.5) is 5.69 Å². The van der Waals surface area contributed by atoms with Gasteiger partial charge in [0.15, 0.2) is 0 Å². The molecule has 210 valence electrons. The molecule has 4 heterocycles. The van der Waals surface area contributed by atoms with E-state index in [1.807, 2.05) is 57.2 Å². The first-order valence-corrected chi connectivity index (χ1v) is 14.0. The summed E-state index contributed by atoms with van der Waals surface area (Å²) < 4.78 is 12.0. The van der Waals surface area contributed by atoms with Crippen LogP contribution in [0.1, 0.15) is 33.6 Å². The Morgan fingerprint density at radius 3 is 2.46 bits per heavy atom. The number of benzene rings is 1. The summed E-state index contributed by atoms with van der Waals surface area (Å²) in [4.78, 5) is 47.7. The van der Waals surface area contributed by atoms with Crippen molar-refractivity contribution >= 4 is 23.4 Å². The first-order valence-electron chi connectivity index (χ1n) is 14.0. The standard InChI is InChI=1S/C30H39N3O6/c1-5-14-31-15-6-8-23-24(27(31)35)25-28(36)33(21(18-34)17-19(2)3)26-29(37)32(16-7-13-30(25,26)39-23)20-9-11-22(38-4)12-10-20/h6-13,19,21,23-26,34H,5,14-18H2,1-4H3/t21-,23-,24+,25+,26?,30+/m1/s1. The van der Waals surface area contributed by atoms with Crippen LogP contribution in [0.25, 0.3) is 0 Å². The molecule has 1 N–H and O–H groups in total. The molecule has 1 aromatic carbocycles. The highest BCUT2D eigenvalue weighted by Crippen LogP contribution is 2.54. The minimum Gasteiger partial charge on any atom is -0.497 e. The number of carbonyl (C=O) groups is 3. The van der Waals surface area contributed by atoms with Gasteiger partial charge in [-0.05, 0) is 43.0 Å². The van der Waals surface area contributed by atoms with Gasteiger partial charge in [0.05, 0.1) is 37.7 Å². The van der Waals surface area contributed by atoms with Gasteiger partial charge in [0.1, 0.15) is 17.4 Å². The zero-order valence-electron chi connectivity index (χ0n) is 23.2. The van der Waals surface area contributed by atoms with Crippen molar-refractivity contribution in [2.24, 2.45) is 17.8 Å². The molecule has 0 aliphatic carbocycles. The fourth-order valence-corrected chi connectivity index (χ4v) is 6.81. The fourth-order valence-electron chi connectivity index (χ4n) is 6.81. The van der Waals surface area contributed by atoms with Gasteiger partial charge in [0, 0.05) is 25.3 Å². The molecule has 6 atom stereocenters. The minimum absolute atomic E-state index is 0.121. The molecular weight excluding hydrogens is 498 g/mol. The number of carbonyl (C=O) groups excluding carboxylic acids is 3. The third kappa shape index (κ3) is 4.45. The van der Waals surface area contributed by atoms with Gasteiger partial charge in [0.2, 0.25) is 11.8 Å². The van der Waals surface area contributed by atoms with Crippen molar-refractivity contribution < 1.29 is 29.0 Å². The van der Waals surface area contributed by atoms with E-state index in [9.17, 15) is 19.5 Å². The van der Waals surface area contributed by atoms with E-state index in [2.05, 4.69) is 0 Å². The second kappa shape index (κ2) is 10.8. The second-order valence-electron chi connectivity index (χ2n) is 11.3. The third-order valence-corrected chi connectivity index (χ3v) is 8.41. The molecule has 39 heavy (non-hydrogen) atoms. The van der Waals surface area contributed by atoms with Crippen molar-refractivity contribution in [3.63, 3.8) is 0 Å². The van der Waals surface area contributed by atoms with Crippen LogP contribution in [0, 0.1) is 17.8 Å². The number of nitrogens with zero attached hydrogens (tertiary/aromatic N) is 3. The number of methoxy groups -OCH3 is 1. The van der Waals surface area contributed by atoms with Crippen LogP contribution >= 0.6 is 0 Å². The lowest BCUT2D eigenvalue weighted by atomic mass is 9.77. The third-order valence-electron chi connectivity index (χ3n) is 8.41. The maximum absolute atomic E-state index is 14.5. The summed E-state index contributed by atoms with van der Waals surface area (Å²) in [6.07, 6.45) is 8.21. The number of likely N-dealkylation sites (tertiary alicyclic amines) is 1. The number of ether oxygens (including phenoxy) is 2. The van der Waals surface area contributed by atoms with Gasteiger partial charge in [0.25, 0.3) is 5.91 Å². The molecule has 9 nitrogen and oxygen atoms in total. The van der Waals surface area contributed by atoms with Crippen LogP contribution in [-0.2, 0) is 19.1 Å². The fraction of sp³-hybridized carbons (Fsp3) is 0.567. The zero-order valence-corrected chi connectivity index (χ0v) is 23.2. The van der Waals surface area contributed by atoms with Gasteiger partial charge in [-0.25, -0.2) is 0 Å². The topological polar surface area (TPSA) is 99.6 Å². The van der Waals surface area contributed by atoms with Crippen molar-refractivity contribution in [1.29, 1.82) is 0 Å². The summed E-state index contributed by atoms with van der Waals surface area (Å²) >= 11 is 0. The highest BCUT2D eigenvalue weighted by atomic mass is 16.5. The minimum atomic E-state index is -1.32. The van der Waals surface area contributed by atoms with Gasteiger partial charge in [-0.1, -0.05) is 45.1 Å². The molecular formula is C30H39N3O6. The molecule has 0 radical (unpaired) electrons. The maximum atomic E-state index is 14.5. The molecule has 1 spiro atoms. The first kappa shape index (κ1) is 27.4.